The fraction of sp³-hybridized carbons (Fsp3) is 0.318. The molecular formula is C22H25ClN2OS. The van der Waals surface area contributed by atoms with Crippen molar-refractivity contribution in [1.82, 2.24) is 9.55 Å². The van der Waals surface area contributed by atoms with Crippen LogP contribution in [0, 0.1) is 0 Å². The second-order valence-corrected chi connectivity index (χ2v) is 9.78. The van der Waals surface area contributed by atoms with Gasteiger partial charge in [0.1, 0.15) is 11.5 Å². The third-order valence-electron chi connectivity index (χ3n) is 4.02. The van der Waals surface area contributed by atoms with Gasteiger partial charge in [0.05, 0.1) is 12.9 Å². The van der Waals surface area contributed by atoms with Crippen molar-refractivity contribution in [3.8, 4) is 0 Å². The molecule has 3 nitrogen and oxygen atoms in total. The summed E-state index contributed by atoms with van der Waals surface area (Å²) in [6.45, 7) is 7.21. The minimum absolute atomic E-state index is 0.0531. The Bertz CT molecular complexity index is 814. The molecule has 0 radical (unpaired) electrons. The SMILES string of the molecule is CC(C)(C)SC(C(OCc1ccccc1)c1ccc(Cl)cc1)n1ccnc1. The smallest absolute Gasteiger partial charge is 0.113 e. The van der Waals surface area contributed by atoms with E-state index in [4.69, 9.17) is 16.3 Å². The zero-order valence-electron chi connectivity index (χ0n) is 15.9. The highest BCUT2D eigenvalue weighted by atomic mass is 35.5. The Balaban J connectivity index is 1.93. The number of aromatic nitrogens is 2. The Kier molecular flexibility index (Phi) is 6.64. The van der Waals surface area contributed by atoms with Gasteiger partial charge in [-0.05, 0) is 23.3 Å². The molecule has 3 rings (SSSR count). The predicted octanol–water partition coefficient (Wildman–Crippen LogP) is 6.52. The lowest BCUT2D eigenvalue weighted by Gasteiger charge is -2.33. The molecule has 1 aromatic heterocycles. The first-order chi connectivity index (χ1) is 12.9. The van der Waals surface area contributed by atoms with Crippen molar-refractivity contribution in [3.63, 3.8) is 0 Å². The Morgan fingerprint density at radius 3 is 2.37 bits per heavy atom. The molecule has 0 fully saturated rings. The maximum Gasteiger partial charge on any atom is 0.113 e. The average Bonchev–Trinajstić information content (AvgIpc) is 3.17. The quantitative estimate of drug-likeness (QED) is 0.451. The van der Waals surface area contributed by atoms with Crippen molar-refractivity contribution in [1.29, 1.82) is 0 Å². The van der Waals surface area contributed by atoms with E-state index >= 15 is 0 Å². The standard InChI is InChI=1S/C22H25ClN2OS/c1-22(2,3)27-21(25-14-13-24-16-25)20(18-9-11-19(23)12-10-18)26-15-17-7-5-4-6-8-17/h4-14,16,20-21H,15H2,1-3H3. The fourth-order valence-corrected chi connectivity index (χ4v) is 4.27. The van der Waals surface area contributed by atoms with Crippen LogP contribution in [0.1, 0.15) is 43.4 Å². The number of hydrogen-bond acceptors (Lipinski definition) is 3. The molecule has 142 valence electrons. The molecular weight excluding hydrogens is 376 g/mol. The lowest BCUT2D eigenvalue weighted by molar-refractivity contribution is 0.0251. The molecule has 0 bridgehead atoms. The van der Waals surface area contributed by atoms with Gasteiger partial charge in [-0.25, -0.2) is 4.98 Å². The summed E-state index contributed by atoms with van der Waals surface area (Å²) < 4.78 is 8.66. The van der Waals surface area contributed by atoms with E-state index < -0.39 is 0 Å². The van der Waals surface area contributed by atoms with Crippen LogP contribution in [0.3, 0.4) is 0 Å². The van der Waals surface area contributed by atoms with Crippen LogP contribution in [0.25, 0.3) is 0 Å². The molecule has 0 saturated heterocycles. The number of thioether (sulfide) groups is 1. The van der Waals surface area contributed by atoms with E-state index in [1.807, 2.05) is 72.9 Å². The topological polar surface area (TPSA) is 27.1 Å². The van der Waals surface area contributed by atoms with E-state index in [2.05, 4.69) is 42.5 Å². The van der Waals surface area contributed by atoms with Crippen molar-refractivity contribution < 1.29 is 4.74 Å². The van der Waals surface area contributed by atoms with E-state index in [9.17, 15) is 0 Å². The van der Waals surface area contributed by atoms with Gasteiger partial charge in [0.25, 0.3) is 0 Å². The Morgan fingerprint density at radius 2 is 1.78 bits per heavy atom. The summed E-state index contributed by atoms with van der Waals surface area (Å²) in [5, 5.41) is 0.778. The molecule has 1 heterocycles. The second-order valence-electron chi connectivity index (χ2n) is 7.40. The molecule has 2 atom stereocenters. The monoisotopic (exact) mass is 400 g/mol. The molecule has 3 aromatic rings. The molecule has 0 N–H and O–H groups in total. The molecule has 0 aliphatic heterocycles. The molecule has 2 unspecified atom stereocenters. The lowest BCUT2D eigenvalue weighted by Crippen LogP contribution is -2.22. The molecule has 0 amide bonds. The van der Waals surface area contributed by atoms with E-state index in [0.29, 0.717) is 6.61 Å². The molecule has 27 heavy (non-hydrogen) atoms. The first kappa shape index (κ1) is 20.0. The number of rotatable bonds is 7. The molecule has 0 spiro atoms. The van der Waals surface area contributed by atoms with Crippen molar-refractivity contribution in [2.75, 3.05) is 0 Å². The van der Waals surface area contributed by atoms with E-state index in [0.717, 1.165) is 16.1 Å². The van der Waals surface area contributed by atoms with Gasteiger partial charge in [-0.2, -0.15) is 0 Å². The summed E-state index contributed by atoms with van der Waals surface area (Å²) in [5.74, 6) is 0. The number of imidazole rings is 1. The third-order valence-corrected chi connectivity index (χ3v) is 5.71. The summed E-state index contributed by atoms with van der Waals surface area (Å²) in [6.07, 6.45) is 5.53. The summed E-state index contributed by atoms with van der Waals surface area (Å²) >= 11 is 7.98. The maximum absolute atomic E-state index is 6.47. The van der Waals surface area contributed by atoms with Gasteiger partial charge >= 0.3 is 0 Å². The zero-order valence-corrected chi connectivity index (χ0v) is 17.5. The zero-order chi connectivity index (χ0) is 19.3. The second kappa shape index (κ2) is 8.96. The lowest BCUT2D eigenvalue weighted by atomic mass is 10.1. The third kappa shape index (κ3) is 5.86. The summed E-state index contributed by atoms with van der Waals surface area (Å²) in [7, 11) is 0. The highest BCUT2D eigenvalue weighted by Gasteiger charge is 2.30. The van der Waals surface area contributed by atoms with Gasteiger partial charge in [-0.15, -0.1) is 11.8 Å². The van der Waals surface area contributed by atoms with Crippen LogP contribution in [0.4, 0.5) is 0 Å². The van der Waals surface area contributed by atoms with E-state index in [1.165, 1.54) is 0 Å². The molecule has 0 aliphatic carbocycles. The number of hydrogen-bond donors (Lipinski definition) is 0. The van der Waals surface area contributed by atoms with Crippen molar-refractivity contribution in [2.45, 2.75) is 43.6 Å². The van der Waals surface area contributed by atoms with Crippen molar-refractivity contribution >= 4 is 23.4 Å². The highest BCUT2D eigenvalue weighted by molar-refractivity contribution is 8.00. The van der Waals surface area contributed by atoms with Crippen LogP contribution < -0.4 is 0 Å². The maximum atomic E-state index is 6.47. The van der Waals surface area contributed by atoms with Crippen LogP contribution in [-0.4, -0.2) is 14.3 Å². The van der Waals surface area contributed by atoms with E-state index in [1.54, 1.807) is 0 Å². The van der Waals surface area contributed by atoms with Crippen LogP contribution in [0.2, 0.25) is 5.02 Å². The summed E-state index contributed by atoms with van der Waals surface area (Å²) in [4.78, 5) is 4.25. The Hall–Kier alpha value is -1.75. The van der Waals surface area contributed by atoms with Gasteiger partial charge in [0.15, 0.2) is 0 Å². The Morgan fingerprint density at radius 1 is 1.07 bits per heavy atom. The van der Waals surface area contributed by atoms with Crippen LogP contribution >= 0.6 is 23.4 Å². The first-order valence-corrected chi connectivity index (χ1v) is 10.2. The van der Waals surface area contributed by atoms with Crippen molar-refractivity contribution in [3.05, 3.63) is 89.5 Å². The molecule has 0 aliphatic rings. The van der Waals surface area contributed by atoms with Crippen LogP contribution in [0.15, 0.2) is 73.3 Å². The van der Waals surface area contributed by atoms with Gasteiger partial charge in [0.2, 0.25) is 0 Å². The molecule has 2 aromatic carbocycles. The number of ether oxygens (including phenoxy) is 1. The summed E-state index contributed by atoms with van der Waals surface area (Å²) in [5.41, 5.74) is 2.26. The van der Waals surface area contributed by atoms with Crippen molar-refractivity contribution in [2.24, 2.45) is 0 Å². The minimum atomic E-state index is -0.138. The Labute approximate surface area is 170 Å². The van der Waals surface area contributed by atoms with Gasteiger partial charge < -0.3 is 9.30 Å². The normalized spacial score (nSPS) is 14.1. The number of nitrogens with zero attached hydrogens (tertiary/aromatic N) is 2. The predicted molar refractivity (Wildman–Crippen MR) is 114 cm³/mol. The summed E-state index contributed by atoms with van der Waals surface area (Å²) in [6, 6.07) is 18.2. The number of halogens is 1. The van der Waals surface area contributed by atoms with Gasteiger partial charge in [-0.1, -0.05) is 74.8 Å². The number of benzene rings is 2. The molecule has 5 heteroatoms. The fourth-order valence-electron chi connectivity index (χ4n) is 2.82. The largest absolute Gasteiger partial charge is 0.366 e. The van der Waals surface area contributed by atoms with Gasteiger partial charge in [0, 0.05) is 22.2 Å². The van der Waals surface area contributed by atoms with Crippen LogP contribution in [0.5, 0.6) is 0 Å². The van der Waals surface area contributed by atoms with E-state index in [-0.39, 0.29) is 16.2 Å². The average molecular weight is 401 g/mol. The van der Waals surface area contributed by atoms with Gasteiger partial charge in [-0.3, -0.25) is 0 Å². The first-order valence-electron chi connectivity index (χ1n) is 8.99. The molecule has 0 saturated carbocycles. The minimum Gasteiger partial charge on any atom is -0.366 e. The van der Waals surface area contributed by atoms with Crippen LogP contribution in [-0.2, 0) is 11.3 Å². The highest BCUT2D eigenvalue weighted by Crippen LogP contribution is 2.45.